The Balaban J connectivity index is 0. The van der Waals surface area contributed by atoms with Gasteiger partial charge in [0.2, 0.25) is 5.91 Å². The standard InChI is InChI=1S/C5H9NO2.BH3O3/c1-2-5(8)6-3-4-7;2-1(3)4/h2,7H,1,3-4H2,(H,6,8);2-4H. The van der Waals surface area contributed by atoms with Crippen molar-refractivity contribution in [3.8, 4) is 0 Å². The Morgan fingerprint density at radius 1 is 1.50 bits per heavy atom. The number of rotatable bonds is 3. The number of nitrogens with one attached hydrogen (secondary N) is 1. The molecule has 0 aliphatic carbocycles. The topological polar surface area (TPSA) is 110 Å². The minimum atomic E-state index is -2.17. The molecule has 0 aromatic rings. The van der Waals surface area contributed by atoms with Crippen LogP contribution in [0.5, 0.6) is 0 Å². The molecule has 0 aromatic carbocycles. The largest absolute Gasteiger partial charge is 0.631 e. The molecule has 0 unspecified atom stereocenters. The summed E-state index contributed by atoms with van der Waals surface area (Å²) in [6.45, 7) is 3.49. The van der Waals surface area contributed by atoms with Crippen LogP contribution in [0.15, 0.2) is 12.7 Å². The fraction of sp³-hybridized carbons (Fsp3) is 0.400. The van der Waals surface area contributed by atoms with Gasteiger partial charge in [0.25, 0.3) is 0 Å². The Bertz CT molecular complexity index is 126. The van der Waals surface area contributed by atoms with Crippen molar-refractivity contribution >= 4 is 13.2 Å². The molecule has 0 spiro atoms. The van der Waals surface area contributed by atoms with Gasteiger partial charge in [-0.05, 0) is 6.08 Å². The van der Waals surface area contributed by atoms with E-state index in [1.54, 1.807) is 0 Å². The molecule has 0 aliphatic heterocycles. The van der Waals surface area contributed by atoms with Crippen molar-refractivity contribution < 1.29 is 25.0 Å². The average molecular weight is 177 g/mol. The smallest absolute Gasteiger partial charge is 0.402 e. The molecule has 7 heteroatoms. The molecule has 0 fully saturated rings. The lowest BCUT2D eigenvalue weighted by atomic mass is 10.3. The first-order valence-electron chi connectivity index (χ1n) is 3.10. The number of amides is 1. The molecule has 1 amide bonds. The van der Waals surface area contributed by atoms with Crippen LogP contribution in [0.2, 0.25) is 0 Å². The predicted octanol–water partition coefficient (Wildman–Crippen LogP) is -2.77. The van der Waals surface area contributed by atoms with Gasteiger partial charge in [-0.3, -0.25) is 4.79 Å². The molecule has 70 valence electrons. The molecule has 12 heavy (non-hydrogen) atoms. The number of carbonyl (C=O) groups excluding carboxylic acids is 1. The molecular weight excluding hydrogens is 165 g/mol. The lowest BCUT2D eigenvalue weighted by Crippen LogP contribution is -2.23. The normalized spacial score (nSPS) is 7.67. The molecule has 0 aromatic heterocycles. The first-order chi connectivity index (χ1) is 5.54. The maximum absolute atomic E-state index is 10.2. The maximum atomic E-state index is 10.2. The highest BCUT2D eigenvalue weighted by Crippen LogP contribution is 1.62. The first kappa shape index (κ1) is 13.7. The van der Waals surface area contributed by atoms with Gasteiger partial charge in [-0.1, -0.05) is 6.58 Å². The van der Waals surface area contributed by atoms with Gasteiger partial charge < -0.3 is 25.5 Å². The second-order valence-corrected chi connectivity index (χ2v) is 1.57. The molecule has 0 heterocycles. The quantitative estimate of drug-likeness (QED) is 0.236. The summed E-state index contributed by atoms with van der Waals surface area (Å²) in [4.78, 5) is 10.2. The molecular formula is C5H12BNO5. The summed E-state index contributed by atoms with van der Waals surface area (Å²) in [6.07, 6.45) is 1.16. The van der Waals surface area contributed by atoms with Crippen LogP contribution in [0, 0.1) is 0 Å². The highest BCUT2D eigenvalue weighted by molar-refractivity contribution is 6.30. The van der Waals surface area contributed by atoms with E-state index in [0.717, 1.165) is 6.08 Å². The zero-order valence-corrected chi connectivity index (χ0v) is 6.47. The van der Waals surface area contributed by atoms with Gasteiger partial charge in [-0.2, -0.15) is 0 Å². The van der Waals surface area contributed by atoms with E-state index in [1.807, 2.05) is 0 Å². The highest BCUT2D eigenvalue weighted by Gasteiger charge is 1.92. The summed E-state index contributed by atoms with van der Waals surface area (Å²) < 4.78 is 0. The zero-order chi connectivity index (χ0) is 9.98. The minimum Gasteiger partial charge on any atom is -0.402 e. The van der Waals surface area contributed by atoms with Crippen LogP contribution in [-0.2, 0) is 4.79 Å². The molecule has 5 N–H and O–H groups in total. The Labute approximate surface area is 70.3 Å². The minimum absolute atomic E-state index is 0.0282. The number of hydrogen-bond donors (Lipinski definition) is 5. The number of hydrogen-bond acceptors (Lipinski definition) is 5. The van der Waals surface area contributed by atoms with E-state index in [0.29, 0.717) is 6.54 Å². The van der Waals surface area contributed by atoms with Gasteiger partial charge >= 0.3 is 7.32 Å². The van der Waals surface area contributed by atoms with E-state index >= 15 is 0 Å². The summed E-state index contributed by atoms with van der Waals surface area (Å²) in [6, 6.07) is 0. The molecule has 0 saturated carbocycles. The van der Waals surface area contributed by atoms with E-state index in [4.69, 9.17) is 20.2 Å². The highest BCUT2D eigenvalue weighted by atomic mass is 16.5. The van der Waals surface area contributed by atoms with Gasteiger partial charge in [0, 0.05) is 6.54 Å². The Morgan fingerprint density at radius 3 is 2.17 bits per heavy atom. The van der Waals surface area contributed by atoms with E-state index in [9.17, 15) is 4.79 Å². The van der Waals surface area contributed by atoms with E-state index in [-0.39, 0.29) is 12.5 Å². The third-order valence-corrected chi connectivity index (χ3v) is 0.596. The van der Waals surface area contributed by atoms with Crippen LogP contribution in [0.4, 0.5) is 0 Å². The van der Waals surface area contributed by atoms with Crippen molar-refractivity contribution in [3.63, 3.8) is 0 Å². The van der Waals surface area contributed by atoms with Crippen molar-refractivity contribution in [2.45, 2.75) is 0 Å². The second-order valence-electron chi connectivity index (χ2n) is 1.57. The number of aliphatic hydroxyl groups excluding tert-OH is 1. The van der Waals surface area contributed by atoms with Crippen LogP contribution in [0.3, 0.4) is 0 Å². The molecule has 0 radical (unpaired) electrons. The van der Waals surface area contributed by atoms with Crippen LogP contribution in [0.1, 0.15) is 0 Å². The Hall–Kier alpha value is -0.885. The summed E-state index contributed by atoms with van der Waals surface area (Å²) in [5, 5.41) is 32.0. The molecule has 6 nitrogen and oxygen atoms in total. The Morgan fingerprint density at radius 2 is 1.92 bits per heavy atom. The van der Waals surface area contributed by atoms with Gasteiger partial charge in [0.05, 0.1) is 6.61 Å². The predicted molar refractivity (Wildman–Crippen MR) is 42.7 cm³/mol. The first-order valence-corrected chi connectivity index (χ1v) is 3.10. The molecule has 0 rings (SSSR count). The Kier molecular flexibility index (Phi) is 11.5. The summed E-state index contributed by atoms with van der Waals surface area (Å²) in [7, 11) is -2.17. The van der Waals surface area contributed by atoms with Crippen LogP contribution in [0.25, 0.3) is 0 Å². The summed E-state index contributed by atoms with van der Waals surface area (Å²) in [5.41, 5.74) is 0. The van der Waals surface area contributed by atoms with Gasteiger partial charge in [-0.25, -0.2) is 0 Å². The third-order valence-electron chi connectivity index (χ3n) is 0.596. The third kappa shape index (κ3) is 22.9. The van der Waals surface area contributed by atoms with Crippen LogP contribution < -0.4 is 5.32 Å². The van der Waals surface area contributed by atoms with Gasteiger partial charge in [0.1, 0.15) is 0 Å². The molecule has 0 bridgehead atoms. The van der Waals surface area contributed by atoms with Crippen LogP contribution in [-0.4, -0.2) is 46.6 Å². The summed E-state index contributed by atoms with van der Waals surface area (Å²) >= 11 is 0. The fourth-order valence-corrected chi connectivity index (χ4v) is 0.251. The van der Waals surface area contributed by atoms with Gasteiger partial charge in [-0.15, -0.1) is 0 Å². The van der Waals surface area contributed by atoms with Crippen molar-refractivity contribution in [1.82, 2.24) is 5.32 Å². The maximum Gasteiger partial charge on any atom is 0.631 e. The summed E-state index contributed by atoms with van der Waals surface area (Å²) in [5.74, 6) is -0.251. The van der Waals surface area contributed by atoms with Crippen molar-refractivity contribution in [2.75, 3.05) is 13.2 Å². The molecule has 0 saturated heterocycles. The fourth-order valence-electron chi connectivity index (χ4n) is 0.251. The second kappa shape index (κ2) is 10.1. The van der Waals surface area contributed by atoms with Crippen molar-refractivity contribution in [3.05, 3.63) is 12.7 Å². The van der Waals surface area contributed by atoms with Crippen LogP contribution >= 0.6 is 0 Å². The molecule has 0 aliphatic rings. The molecule has 0 atom stereocenters. The van der Waals surface area contributed by atoms with E-state index < -0.39 is 7.32 Å². The average Bonchev–Trinajstić information content (AvgIpc) is 1.99. The lowest BCUT2D eigenvalue weighted by molar-refractivity contribution is -0.116. The monoisotopic (exact) mass is 177 g/mol. The van der Waals surface area contributed by atoms with Gasteiger partial charge in [0.15, 0.2) is 0 Å². The number of carbonyl (C=O) groups is 1. The SMILES string of the molecule is C=CC(=O)NCCO.OB(O)O. The van der Waals surface area contributed by atoms with E-state index in [2.05, 4.69) is 11.9 Å². The number of aliphatic hydroxyl groups is 1. The van der Waals surface area contributed by atoms with E-state index in [1.165, 1.54) is 0 Å². The van der Waals surface area contributed by atoms with Crippen molar-refractivity contribution in [1.29, 1.82) is 0 Å². The van der Waals surface area contributed by atoms with Crippen molar-refractivity contribution in [2.24, 2.45) is 0 Å². The zero-order valence-electron chi connectivity index (χ0n) is 6.47. The lowest BCUT2D eigenvalue weighted by Gasteiger charge is -1.94.